The SMILES string of the molecule is CN=C(NCC1CCCC1O)N1CCN(C(C)=O)CC1.I. The summed E-state index contributed by atoms with van der Waals surface area (Å²) in [5.41, 5.74) is 0. The Morgan fingerprint density at radius 1 is 1.24 bits per heavy atom. The van der Waals surface area contributed by atoms with Crippen LogP contribution in [-0.2, 0) is 4.79 Å². The van der Waals surface area contributed by atoms with E-state index in [0.29, 0.717) is 5.92 Å². The van der Waals surface area contributed by atoms with E-state index in [1.807, 2.05) is 4.90 Å². The number of carbonyl (C=O) groups is 1. The molecule has 1 amide bonds. The summed E-state index contributed by atoms with van der Waals surface area (Å²) in [5, 5.41) is 13.2. The van der Waals surface area contributed by atoms with Crippen LogP contribution in [0.15, 0.2) is 4.99 Å². The number of nitrogens with zero attached hydrogens (tertiary/aromatic N) is 3. The zero-order chi connectivity index (χ0) is 14.5. The van der Waals surface area contributed by atoms with Crippen molar-refractivity contribution in [3.8, 4) is 0 Å². The topological polar surface area (TPSA) is 68.2 Å². The molecule has 2 N–H and O–H groups in total. The average molecular weight is 410 g/mol. The van der Waals surface area contributed by atoms with E-state index in [1.165, 1.54) is 0 Å². The summed E-state index contributed by atoms with van der Waals surface area (Å²) in [4.78, 5) is 19.7. The number of guanidine groups is 1. The van der Waals surface area contributed by atoms with Crippen LogP contribution in [-0.4, -0.2) is 72.6 Å². The Balaban J connectivity index is 0.00000220. The Bertz CT molecular complexity index is 370. The lowest BCUT2D eigenvalue weighted by Crippen LogP contribution is -2.54. The van der Waals surface area contributed by atoms with Crippen LogP contribution < -0.4 is 5.32 Å². The molecule has 2 fully saturated rings. The molecule has 2 aliphatic rings. The molecule has 0 aromatic heterocycles. The summed E-state index contributed by atoms with van der Waals surface area (Å²) < 4.78 is 0. The molecule has 6 nitrogen and oxygen atoms in total. The number of halogens is 1. The second kappa shape index (κ2) is 8.77. The maximum atomic E-state index is 11.3. The van der Waals surface area contributed by atoms with Gasteiger partial charge in [0.2, 0.25) is 5.91 Å². The highest BCUT2D eigenvalue weighted by atomic mass is 127. The van der Waals surface area contributed by atoms with E-state index in [1.54, 1.807) is 14.0 Å². The van der Waals surface area contributed by atoms with E-state index in [0.717, 1.165) is 57.9 Å². The predicted molar refractivity (Wildman–Crippen MR) is 94.0 cm³/mol. The van der Waals surface area contributed by atoms with Crippen molar-refractivity contribution in [2.24, 2.45) is 10.9 Å². The maximum absolute atomic E-state index is 11.3. The average Bonchev–Trinajstić information content (AvgIpc) is 2.85. The van der Waals surface area contributed by atoms with Crippen LogP contribution in [0.3, 0.4) is 0 Å². The van der Waals surface area contributed by atoms with E-state index in [-0.39, 0.29) is 36.0 Å². The van der Waals surface area contributed by atoms with E-state index in [9.17, 15) is 9.90 Å². The molecular weight excluding hydrogens is 383 g/mol. The molecule has 1 heterocycles. The Labute approximate surface area is 144 Å². The molecule has 1 aliphatic carbocycles. The maximum Gasteiger partial charge on any atom is 0.219 e. The molecule has 0 aromatic rings. The Hall–Kier alpha value is -0.570. The van der Waals surface area contributed by atoms with Gasteiger partial charge in [0.1, 0.15) is 0 Å². The largest absolute Gasteiger partial charge is 0.393 e. The van der Waals surface area contributed by atoms with Crippen molar-refractivity contribution in [1.82, 2.24) is 15.1 Å². The fraction of sp³-hybridized carbons (Fsp3) is 0.857. The van der Waals surface area contributed by atoms with Crippen LogP contribution in [0, 0.1) is 5.92 Å². The van der Waals surface area contributed by atoms with Gasteiger partial charge in [-0.05, 0) is 12.8 Å². The standard InChI is InChI=1S/C14H26N4O2.HI/c1-11(19)17-6-8-18(9-7-17)14(15-2)16-10-12-4-3-5-13(12)20;/h12-13,20H,3-10H2,1-2H3,(H,15,16);1H. The van der Waals surface area contributed by atoms with Gasteiger partial charge in [-0.2, -0.15) is 0 Å². The highest BCUT2D eigenvalue weighted by molar-refractivity contribution is 14.0. The van der Waals surface area contributed by atoms with Crippen molar-refractivity contribution in [3.05, 3.63) is 0 Å². The number of aliphatic hydroxyl groups excluding tert-OH is 1. The summed E-state index contributed by atoms with van der Waals surface area (Å²) in [5.74, 6) is 1.36. The fourth-order valence-electron chi connectivity index (χ4n) is 3.04. The van der Waals surface area contributed by atoms with E-state index in [4.69, 9.17) is 0 Å². The van der Waals surface area contributed by atoms with E-state index in [2.05, 4.69) is 15.2 Å². The predicted octanol–water partition coefficient (Wildman–Crippen LogP) is 0.505. The molecule has 0 radical (unpaired) electrons. The molecule has 0 aromatic carbocycles. The number of hydrogen-bond donors (Lipinski definition) is 2. The molecular formula is C14H27IN4O2. The molecule has 122 valence electrons. The number of piperazine rings is 1. The fourth-order valence-corrected chi connectivity index (χ4v) is 3.04. The zero-order valence-electron chi connectivity index (χ0n) is 12.9. The lowest BCUT2D eigenvalue weighted by Gasteiger charge is -2.36. The van der Waals surface area contributed by atoms with Gasteiger partial charge in [0.25, 0.3) is 0 Å². The Kier molecular flexibility index (Phi) is 7.72. The van der Waals surface area contributed by atoms with Crippen LogP contribution >= 0.6 is 24.0 Å². The van der Waals surface area contributed by atoms with Crippen molar-refractivity contribution in [3.63, 3.8) is 0 Å². The first-order chi connectivity index (χ1) is 9.61. The molecule has 0 spiro atoms. The number of hydrogen-bond acceptors (Lipinski definition) is 3. The first kappa shape index (κ1) is 18.5. The van der Waals surface area contributed by atoms with Crippen LogP contribution in [0.2, 0.25) is 0 Å². The smallest absolute Gasteiger partial charge is 0.219 e. The summed E-state index contributed by atoms with van der Waals surface area (Å²) in [6.45, 7) is 5.52. The minimum atomic E-state index is -0.171. The quantitative estimate of drug-likeness (QED) is 0.396. The molecule has 1 saturated heterocycles. The number of amides is 1. The minimum absolute atomic E-state index is 0. The summed E-state index contributed by atoms with van der Waals surface area (Å²) in [6, 6.07) is 0. The van der Waals surface area contributed by atoms with Crippen molar-refractivity contribution < 1.29 is 9.90 Å². The van der Waals surface area contributed by atoms with Crippen LogP contribution in [0.25, 0.3) is 0 Å². The van der Waals surface area contributed by atoms with E-state index >= 15 is 0 Å². The highest BCUT2D eigenvalue weighted by Gasteiger charge is 2.26. The summed E-state index contributed by atoms with van der Waals surface area (Å²) in [7, 11) is 1.78. The van der Waals surface area contributed by atoms with Gasteiger partial charge in [0.15, 0.2) is 5.96 Å². The van der Waals surface area contributed by atoms with Gasteiger partial charge < -0.3 is 20.2 Å². The molecule has 1 saturated carbocycles. The number of carbonyl (C=O) groups excluding carboxylic acids is 1. The van der Waals surface area contributed by atoms with Gasteiger partial charge in [0.05, 0.1) is 6.10 Å². The second-order valence-corrected chi connectivity index (χ2v) is 5.68. The summed E-state index contributed by atoms with van der Waals surface area (Å²) >= 11 is 0. The Morgan fingerprint density at radius 2 is 1.86 bits per heavy atom. The molecule has 2 atom stereocenters. The minimum Gasteiger partial charge on any atom is -0.393 e. The third-order valence-electron chi connectivity index (χ3n) is 4.38. The Morgan fingerprint density at radius 3 is 2.33 bits per heavy atom. The van der Waals surface area contributed by atoms with Gasteiger partial charge in [-0.15, -0.1) is 24.0 Å². The lowest BCUT2D eigenvalue weighted by molar-refractivity contribution is -0.130. The molecule has 2 rings (SSSR count). The van der Waals surface area contributed by atoms with Gasteiger partial charge in [-0.1, -0.05) is 6.42 Å². The highest BCUT2D eigenvalue weighted by Crippen LogP contribution is 2.24. The number of aliphatic hydroxyl groups is 1. The van der Waals surface area contributed by atoms with Gasteiger partial charge in [-0.25, -0.2) is 0 Å². The van der Waals surface area contributed by atoms with Gasteiger partial charge in [-0.3, -0.25) is 9.79 Å². The number of nitrogens with one attached hydrogen (secondary N) is 1. The molecule has 0 bridgehead atoms. The number of rotatable bonds is 2. The molecule has 1 aliphatic heterocycles. The lowest BCUT2D eigenvalue weighted by atomic mass is 10.1. The normalized spacial score (nSPS) is 26.5. The second-order valence-electron chi connectivity index (χ2n) is 5.68. The third kappa shape index (κ3) is 4.98. The van der Waals surface area contributed by atoms with Gasteiger partial charge in [0, 0.05) is 52.6 Å². The molecule has 21 heavy (non-hydrogen) atoms. The first-order valence-electron chi connectivity index (χ1n) is 7.51. The molecule has 7 heteroatoms. The van der Waals surface area contributed by atoms with Crippen LogP contribution in [0.4, 0.5) is 0 Å². The monoisotopic (exact) mass is 410 g/mol. The molecule has 2 unspecified atom stereocenters. The zero-order valence-corrected chi connectivity index (χ0v) is 15.2. The van der Waals surface area contributed by atoms with Gasteiger partial charge >= 0.3 is 0 Å². The van der Waals surface area contributed by atoms with E-state index < -0.39 is 0 Å². The summed E-state index contributed by atoms with van der Waals surface area (Å²) in [6.07, 6.45) is 2.95. The van der Waals surface area contributed by atoms with Crippen LogP contribution in [0.1, 0.15) is 26.2 Å². The van der Waals surface area contributed by atoms with Crippen molar-refractivity contribution in [1.29, 1.82) is 0 Å². The van der Waals surface area contributed by atoms with Crippen LogP contribution in [0.5, 0.6) is 0 Å². The van der Waals surface area contributed by atoms with Crippen molar-refractivity contribution in [2.75, 3.05) is 39.8 Å². The van der Waals surface area contributed by atoms with Crippen molar-refractivity contribution in [2.45, 2.75) is 32.3 Å². The number of aliphatic imine (C=N–C) groups is 1. The van der Waals surface area contributed by atoms with Crippen molar-refractivity contribution >= 4 is 35.8 Å². The third-order valence-corrected chi connectivity index (χ3v) is 4.38. The first-order valence-corrected chi connectivity index (χ1v) is 7.51.